The number of hydrogen-bond donors (Lipinski definition) is 1. The number of ether oxygens (including phenoxy) is 1. The van der Waals surface area contributed by atoms with E-state index < -0.39 is 12.0 Å². The van der Waals surface area contributed by atoms with Gasteiger partial charge in [0, 0.05) is 25.4 Å². The Morgan fingerprint density at radius 1 is 1.17 bits per heavy atom. The third kappa shape index (κ3) is 4.98. The van der Waals surface area contributed by atoms with Gasteiger partial charge < -0.3 is 20.0 Å². The highest BCUT2D eigenvalue weighted by Gasteiger charge is 2.16. The van der Waals surface area contributed by atoms with Gasteiger partial charge in [0.05, 0.1) is 30.4 Å². The number of carbonyl (C=O) groups is 2. The Bertz CT molecular complexity index is 1080. The highest BCUT2D eigenvalue weighted by Crippen LogP contribution is 2.20. The summed E-state index contributed by atoms with van der Waals surface area (Å²) >= 11 is 0. The van der Waals surface area contributed by atoms with Crippen molar-refractivity contribution in [3.8, 4) is 5.75 Å². The number of carboxylic acid groups (broad SMARTS) is 1. The number of aliphatic carboxylic acids is 1. The van der Waals surface area contributed by atoms with Crippen molar-refractivity contribution in [2.75, 3.05) is 7.11 Å². The van der Waals surface area contributed by atoms with Gasteiger partial charge in [0.1, 0.15) is 5.75 Å². The zero-order valence-electron chi connectivity index (χ0n) is 15.8. The highest BCUT2D eigenvalue weighted by molar-refractivity contribution is 5.78. The summed E-state index contributed by atoms with van der Waals surface area (Å²) in [6.45, 7) is 0.128. The van der Waals surface area contributed by atoms with Crippen LogP contribution < -0.4 is 20.7 Å². The number of amides is 1. The molecular formula is C21H20N3O5-. The molecule has 0 radical (unpaired) electrons. The van der Waals surface area contributed by atoms with Crippen molar-refractivity contribution in [3.63, 3.8) is 0 Å². The van der Waals surface area contributed by atoms with Crippen molar-refractivity contribution >= 4 is 22.8 Å². The van der Waals surface area contributed by atoms with Crippen LogP contribution in [-0.4, -0.2) is 28.5 Å². The maximum absolute atomic E-state index is 12.5. The Morgan fingerprint density at radius 2 is 1.90 bits per heavy atom. The molecule has 1 N–H and O–H groups in total. The molecule has 3 rings (SSSR count). The van der Waals surface area contributed by atoms with Gasteiger partial charge in [-0.15, -0.1) is 0 Å². The van der Waals surface area contributed by atoms with Gasteiger partial charge in [0.25, 0.3) is 5.56 Å². The second kappa shape index (κ2) is 9.01. The first kappa shape index (κ1) is 20.1. The number of carbonyl (C=O) groups excluding carboxylic acids is 2. The molecule has 0 aliphatic carbocycles. The molecule has 0 unspecified atom stereocenters. The predicted molar refractivity (Wildman–Crippen MR) is 104 cm³/mol. The standard InChI is InChI=1S/C21H21N3O5/c1-29-15-8-6-14(7-9-15)18(12-20(26)27)23-19(25)10-11-24-13-22-17-5-3-2-4-16(17)21(24)28/h2-9,13,18H,10-12H2,1H3,(H,23,25)(H,26,27)/p-1/t18-/m0/s1. The van der Waals surface area contributed by atoms with Gasteiger partial charge in [-0.25, -0.2) is 4.98 Å². The van der Waals surface area contributed by atoms with Crippen LogP contribution in [0.2, 0.25) is 0 Å². The van der Waals surface area contributed by atoms with Crippen LogP contribution in [0.1, 0.15) is 24.4 Å². The summed E-state index contributed by atoms with van der Waals surface area (Å²) in [5, 5.41) is 14.3. The van der Waals surface area contributed by atoms with Crippen molar-refractivity contribution in [2.24, 2.45) is 0 Å². The Morgan fingerprint density at radius 3 is 2.59 bits per heavy atom. The van der Waals surface area contributed by atoms with E-state index in [0.29, 0.717) is 22.2 Å². The zero-order chi connectivity index (χ0) is 20.8. The molecule has 0 spiro atoms. The third-order valence-corrected chi connectivity index (χ3v) is 4.54. The van der Waals surface area contributed by atoms with Crippen LogP contribution in [0.4, 0.5) is 0 Å². The Balaban J connectivity index is 1.69. The van der Waals surface area contributed by atoms with Crippen molar-refractivity contribution in [1.29, 1.82) is 0 Å². The Kier molecular flexibility index (Phi) is 6.23. The van der Waals surface area contributed by atoms with E-state index in [9.17, 15) is 19.5 Å². The van der Waals surface area contributed by atoms with E-state index in [1.807, 2.05) is 0 Å². The molecule has 0 aliphatic rings. The lowest BCUT2D eigenvalue weighted by atomic mass is 10.0. The SMILES string of the molecule is COc1ccc([C@H](CC(=O)[O-])NC(=O)CCn2cnc3ccccc3c2=O)cc1. The van der Waals surface area contributed by atoms with Gasteiger partial charge >= 0.3 is 0 Å². The quantitative estimate of drug-likeness (QED) is 0.604. The van der Waals surface area contributed by atoms with E-state index in [1.165, 1.54) is 18.0 Å². The molecule has 0 bridgehead atoms. The fraction of sp³-hybridized carbons (Fsp3) is 0.238. The molecule has 1 amide bonds. The van der Waals surface area contributed by atoms with E-state index in [0.717, 1.165) is 0 Å². The summed E-state index contributed by atoms with van der Waals surface area (Å²) in [5.41, 5.74) is 0.976. The number of methoxy groups -OCH3 is 1. The Labute approximate surface area is 166 Å². The zero-order valence-corrected chi connectivity index (χ0v) is 15.8. The third-order valence-electron chi connectivity index (χ3n) is 4.54. The monoisotopic (exact) mass is 394 g/mol. The van der Waals surface area contributed by atoms with Crippen LogP contribution in [0.5, 0.6) is 5.75 Å². The summed E-state index contributed by atoms with van der Waals surface area (Å²) in [4.78, 5) is 40.2. The Hall–Kier alpha value is -3.68. The van der Waals surface area contributed by atoms with E-state index >= 15 is 0 Å². The van der Waals surface area contributed by atoms with Gasteiger partial charge in [-0.05, 0) is 29.8 Å². The van der Waals surface area contributed by atoms with E-state index in [1.54, 1.807) is 48.5 Å². The maximum Gasteiger partial charge on any atom is 0.261 e. The topological polar surface area (TPSA) is 113 Å². The number of nitrogens with zero attached hydrogens (tertiary/aromatic N) is 2. The second-order valence-electron chi connectivity index (χ2n) is 6.48. The lowest BCUT2D eigenvalue weighted by molar-refractivity contribution is -0.306. The first-order valence-electron chi connectivity index (χ1n) is 9.05. The molecular weight excluding hydrogens is 374 g/mol. The van der Waals surface area contributed by atoms with Crippen LogP contribution in [0.15, 0.2) is 59.7 Å². The molecule has 1 atom stereocenters. The number of hydrogen-bond acceptors (Lipinski definition) is 6. The molecule has 3 aromatic rings. The molecule has 0 saturated carbocycles. The fourth-order valence-electron chi connectivity index (χ4n) is 3.01. The molecule has 1 aromatic heterocycles. The number of rotatable bonds is 8. The summed E-state index contributed by atoms with van der Waals surface area (Å²) < 4.78 is 6.45. The highest BCUT2D eigenvalue weighted by atomic mass is 16.5. The molecule has 1 heterocycles. The minimum atomic E-state index is -1.28. The van der Waals surface area contributed by atoms with Gasteiger partial charge in [0.2, 0.25) is 5.91 Å². The van der Waals surface area contributed by atoms with Gasteiger partial charge in [-0.3, -0.25) is 14.2 Å². The number of aryl methyl sites for hydroxylation is 1. The van der Waals surface area contributed by atoms with Crippen molar-refractivity contribution in [1.82, 2.24) is 14.9 Å². The summed E-state index contributed by atoms with van der Waals surface area (Å²) in [5.74, 6) is -1.04. The van der Waals surface area contributed by atoms with Crippen LogP contribution in [0.25, 0.3) is 10.9 Å². The first-order valence-corrected chi connectivity index (χ1v) is 9.05. The predicted octanol–water partition coefficient (Wildman–Crippen LogP) is 0.793. The van der Waals surface area contributed by atoms with Gasteiger partial charge in [0.15, 0.2) is 0 Å². The number of benzene rings is 2. The smallest absolute Gasteiger partial charge is 0.261 e. The number of para-hydroxylation sites is 1. The molecule has 150 valence electrons. The molecule has 2 aromatic carbocycles. The van der Waals surface area contributed by atoms with Gasteiger partial charge in [-0.2, -0.15) is 0 Å². The number of carboxylic acids is 1. The van der Waals surface area contributed by atoms with Crippen LogP contribution in [-0.2, 0) is 16.1 Å². The molecule has 29 heavy (non-hydrogen) atoms. The van der Waals surface area contributed by atoms with E-state index in [-0.39, 0.29) is 30.9 Å². The van der Waals surface area contributed by atoms with Crippen molar-refractivity contribution in [3.05, 3.63) is 70.8 Å². The second-order valence-corrected chi connectivity index (χ2v) is 6.48. The van der Waals surface area contributed by atoms with E-state index in [4.69, 9.17) is 4.74 Å². The lowest BCUT2D eigenvalue weighted by Crippen LogP contribution is -2.35. The number of nitrogens with one attached hydrogen (secondary N) is 1. The van der Waals surface area contributed by atoms with Gasteiger partial charge in [-0.1, -0.05) is 24.3 Å². The summed E-state index contributed by atoms with van der Waals surface area (Å²) in [6, 6.07) is 13.0. The van der Waals surface area contributed by atoms with Crippen LogP contribution in [0, 0.1) is 0 Å². The fourth-order valence-corrected chi connectivity index (χ4v) is 3.01. The largest absolute Gasteiger partial charge is 0.550 e. The number of aromatic nitrogens is 2. The van der Waals surface area contributed by atoms with Crippen LogP contribution in [0.3, 0.4) is 0 Å². The minimum absolute atomic E-state index is 0.000368. The average Bonchev–Trinajstić information content (AvgIpc) is 2.73. The molecule has 0 saturated heterocycles. The lowest BCUT2D eigenvalue weighted by Gasteiger charge is -2.20. The average molecular weight is 394 g/mol. The van der Waals surface area contributed by atoms with E-state index in [2.05, 4.69) is 10.3 Å². The minimum Gasteiger partial charge on any atom is -0.550 e. The number of fused-ring (bicyclic) bond motifs is 1. The first-order chi connectivity index (χ1) is 14.0. The summed E-state index contributed by atoms with van der Waals surface area (Å²) in [6.07, 6.45) is 1.04. The molecule has 0 fully saturated rings. The summed E-state index contributed by atoms with van der Waals surface area (Å²) in [7, 11) is 1.53. The van der Waals surface area contributed by atoms with Crippen molar-refractivity contribution in [2.45, 2.75) is 25.4 Å². The van der Waals surface area contributed by atoms with Crippen LogP contribution >= 0.6 is 0 Å². The molecule has 8 heteroatoms. The maximum atomic E-state index is 12.5. The normalized spacial score (nSPS) is 11.8. The van der Waals surface area contributed by atoms with Crippen molar-refractivity contribution < 1.29 is 19.4 Å². The molecule has 0 aliphatic heterocycles. The molecule has 8 nitrogen and oxygen atoms in total.